The van der Waals surface area contributed by atoms with Gasteiger partial charge in [0.15, 0.2) is 0 Å². The van der Waals surface area contributed by atoms with Crippen molar-refractivity contribution in [3.05, 3.63) is 0 Å². The maximum atomic E-state index is 6.15. The van der Waals surface area contributed by atoms with Crippen LogP contribution in [0, 0.1) is 17.3 Å². The summed E-state index contributed by atoms with van der Waals surface area (Å²) in [5.74, 6) is 1.40. The first-order valence-corrected chi connectivity index (χ1v) is 6.44. The zero-order valence-corrected chi connectivity index (χ0v) is 11.9. The third-order valence-electron chi connectivity index (χ3n) is 5.40. The molecular formula is C12H23BClNO2. The highest BCUT2D eigenvalue weighted by Crippen LogP contribution is 2.65. The molecule has 1 unspecified atom stereocenters. The first kappa shape index (κ1) is 13.7. The van der Waals surface area contributed by atoms with E-state index >= 15 is 0 Å². The van der Waals surface area contributed by atoms with Gasteiger partial charge in [0, 0.05) is 5.94 Å². The van der Waals surface area contributed by atoms with Crippen molar-refractivity contribution in [3.63, 3.8) is 0 Å². The van der Waals surface area contributed by atoms with Gasteiger partial charge in [0.05, 0.1) is 11.7 Å². The Morgan fingerprint density at radius 3 is 2.47 bits per heavy atom. The molecular weight excluding hydrogens is 236 g/mol. The van der Waals surface area contributed by atoms with Crippen LogP contribution in [-0.2, 0) is 9.31 Å². The minimum absolute atomic E-state index is 0. The average molecular weight is 260 g/mol. The van der Waals surface area contributed by atoms with Crippen molar-refractivity contribution < 1.29 is 9.31 Å². The summed E-state index contributed by atoms with van der Waals surface area (Å²) in [6.45, 7) is 8.93. The van der Waals surface area contributed by atoms with Crippen LogP contribution in [0.25, 0.3) is 0 Å². The maximum Gasteiger partial charge on any atom is 0.475 e. The van der Waals surface area contributed by atoms with Crippen molar-refractivity contribution in [1.82, 2.24) is 0 Å². The molecule has 3 saturated carbocycles. The van der Waals surface area contributed by atoms with Crippen molar-refractivity contribution in [2.45, 2.75) is 58.2 Å². The van der Waals surface area contributed by atoms with Crippen molar-refractivity contribution in [2.75, 3.05) is 0 Å². The number of hydrogen-bond acceptors (Lipinski definition) is 3. The molecule has 0 spiro atoms. The molecule has 2 N–H and O–H groups in total. The van der Waals surface area contributed by atoms with Crippen molar-refractivity contribution in [2.24, 2.45) is 23.0 Å². The summed E-state index contributed by atoms with van der Waals surface area (Å²) in [6, 6.07) is 0. The Balaban J connectivity index is 0.00000108. The van der Waals surface area contributed by atoms with E-state index in [-0.39, 0.29) is 37.2 Å². The van der Waals surface area contributed by atoms with E-state index in [9.17, 15) is 0 Å². The third-order valence-corrected chi connectivity index (χ3v) is 5.40. The molecule has 17 heavy (non-hydrogen) atoms. The first-order chi connectivity index (χ1) is 7.35. The van der Waals surface area contributed by atoms with E-state index in [0.29, 0.717) is 11.3 Å². The largest absolute Gasteiger partial charge is 0.475 e. The topological polar surface area (TPSA) is 44.5 Å². The van der Waals surface area contributed by atoms with Gasteiger partial charge < -0.3 is 15.0 Å². The van der Waals surface area contributed by atoms with Crippen LogP contribution in [-0.4, -0.2) is 24.8 Å². The molecule has 2 bridgehead atoms. The highest BCUT2D eigenvalue weighted by atomic mass is 35.5. The SMILES string of the molecule is CC(N)B1O[C@H]2C[C@H]3C[C@@H](C3(C)C)[C@]2(C)O1.Cl. The summed E-state index contributed by atoms with van der Waals surface area (Å²) in [5.41, 5.74) is 6.20. The lowest BCUT2D eigenvalue weighted by molar-refractivity contribution is -0.199. The molecule has 5 heteroatoms. The second-order valence-corrected chi connectivity index (χ2v) is 6.70. The predicted molar refractivity (Wildman–Crippen MR) is 71.0 cm³/mol. The number of rotatable bonds is 1. The molecule has 0 radical (unpaired) electrons. The Morgan fingerprint density at radius 2 is 1.94 bits per heavy atom. The van der Waals surface area contributed by atoms with Gasteiger partial charge in [0.25, 0.3) is 0 Å². The standard InChI is InChI=1S/C12H22BNO2.ClH/c1-7(14)13-15-10-6-8-5-9(11(8,2)3)12(10,4)16-13;/h7-10H,5-6,14H2,1-4H3;1H/t7?,8-,9+,10+,12+;/m1./s1. The summed E-state index contributed by atoms with van der Waals surface area (Å²) >= 11 is 0. The van der Waals surface area contributed by atoms with Crippen LogP contribution in [0.4, 0.5) is 0 Å². The minimum Gasteiger partial charge on any atom is -0.404 e. The lowest BCUT2D eigenvalue weighted by Crippen LogP contribution is -2.65. The molecule has 0 aromatic rings. The zero-order valence-electron chi connectivity index (χ0n) is 11.1. The van der Waals surface area contributed by atoms with E-state index in [0.717, 1.165) is 12.3 Å². The molecule has 98 valence electrons. The molecule has 1 heterocycles. The van der Waals surface area contributed by atoms with Crippen molar-refractivity contribution in [3.8, 4) is 0 Å². The Hall–Kier alpha value is 0.235. The van der Waals surface area contributed by atoms with E-state index < -0.39 is 0 Å². The van der Waals surface area contributed by atoms with Crippen LogP contribution >= 0.6 is 12.4 Å². The van der Waals surface area contributed by atoms with Crippen LogP contribution in [0.1, 0.15) is 40.5 Å². The summed E-state index contributed by atoms with van der Waals surface area (Å²) in [5, 5.41) is 0. The van der Waals surface area contributed by atoms with Gasteiger partial charge in [-0.3, -0.25) is 0 Å². The second-order valence-electron chi connectivity index (χ2n) is 6.70. The van der Waals surface area contributed by atoms with Crippen LogP contribution in [0.15, 0.2) is 0 Å². The molecule has 4 fully saturated rings. The van der Waals surface area contributed by atoms with E-state index in [4.69, 9.17) is 15.0 Å². The summed E-state index contributed by atoms with van der Waals surface area (Å²) < 4.78 is 12.1. The summed E-state index contributed by atoms with van der Waals surface area (Å²) in [6.07, 6.45) is 2.71. The molecule has 4 rings (SSSR count). The number of halogens is 1. The third kappa shape index (κ3) is 1.61. The fourth-order valence-corrected chi connectivity index (χ4v) is 4.13. The molecule has 1 saturated heterocycles. The van der Waals surface area contributed by atoms with Gasteiger partial charge in [-0.1, -0.05) is 20.8 Å². The Labute approximate surface area is 110 Å². The van der Waals surface area contributed by atoms with Crippen molar-refractivity contribution in [1.29, 1.82) is 0 Å². The van der Waals surface area contributed by atoms with Gasteiger partial charge in [-0.25, -0.2) is 0 Å². The van der Waals surface area contributed by atoms with E-state index in [2.05, 4.69) is 20.8 Å². The molecule has 3 nitrogen and oxygen atoms in total. The molecule has 5 atom stereocenters. The van der Waals surface area contributed by atoms with E-state index in [1.165, 1.54) is 6.42 Å². The smallest absolute Gasteiger partial charge is 0.404 e. The average Bonchev–Trinajstić information content (AvgIpc) is 2.54. The number of hydrogen-bond donors (Lipinski definition) is 1. The second kappa shape index (κ2) is 3.86. The summed E-state index contributed by atoms with van der Waals surface area (Å²) in [7, 11) is -0.204. The van der Waals surface area contributed by atoms with Crippen molar-refractivity contribution >= 4 is 19.5 Å². The maximum absolute atomic E-state index is 6.15. The quantitative estimate of drug-likeness (QED) is 0.733. The van der Waals surface area contributed by atoms with Gasteiger partial charge in [-0.2, -0.15) is 0 Å². The number of nitrogens with two attached hydrogens (primary N) is 1. The fraction of sp³-hybridized carbons (Fsp3) is 1.00. The Morgan fingerprint density at radius 1 is 1.29 bits per heavy atom. The first-order valence-electron chi connectivity index (χ1n) is 6.44. The van der Waals surface area contributed by atoms with Gasteiger partial charge in [-0.15, -0.1) is 12.4 Å². The van der Waals surface area contributed by atoms with Crippen LogP contribution in [0.5, 0.6) is 0 Å². The Bertz CT molecular complexity index is 326. The monoisotopic (exact) mass is 259 g/mol. The zero-order chi connectivity index (χ0) is 11.7. The molecule has 4 aliphatic rings. The summed E-state index contributed by atoms with van der Waals surface area (Å²) in [4.78, 5) is 0. The van der Waals surface area contributed by atoms with E-state index in [1.54, 1.807) is 0 Å². The molecule has 1 aliphatic heterocycles. The molecule has 0 amide bonds. The van der Waals surface area contributed by atoms with Gasteiger partial charge >= 0.3 is 7.12 Å². The van der Waals surface area contributed by atoms with Crippen LogP contribution < -0.4 is 5.73 Å². The fourth-order valence-electron chi connectivity index (χ4n) is 4.13. The van der Waals surface area contributed by atoms with Crippen LogP contribution in [0.3, 0.4) is 0 Å². The van der Waals surface area contributed by atoms with Gasteiger partial charge in [-0.05, 0) is 37.0 Å². The molecule has 3 aliphatic carbocycles. The minimum atomic E-state index is -0.204. The lowest BCUT2D eigenvalue weighted by Gasteiger charge is -2.64. The Kier molecular flexibility index (Phi) is 3.10. The highest BCUT2D eigenvalue weighted by molar-refractivity contribution is 6.47. The lowest BCUT2D eigenvalue weighted by atomic mass is 9.43. The molecule has 0 aromatic carbocycles. The van der Waals surface area contributed by atoms with Gasteiger partial charge in [0.1, 0.15) is 0 Å². The highest BCUT2D eigenvalue weighted by Gasteiger charge is 2.68. The predicted octanol–water partition coefficient (Wildman–Crippen LogP) is 2.02. The molecule has 0 aromatic heterocycles. The normalized spacial score (nSPS) is 47.8. The van der Waals surface area contributed by atoms with E-state index in [1.807, 2.05) is 6.92 Å². The van der Waals surface area contributed by atoms with Crippen LogP contribution in [0.2, 0.25) is 0 Å². The van der Waals surface area contributed by atoms with Gasteiger partial charge in [0.2, 0.25) is 0 Å².